The van der Waals surface area contributed by atoms with Crippen molar-refractivity contribution in [2.45, 2.75) is 94.5 Å². The van der Waals surface area contributed by atoms with Crippen molar-refractivity contribution in [3.8, 4) is 11.5 Å². The van der Waals surface area contributed by atoms with Crippen molar-refractivity contribution in [2.24, 2.45) is 17.3 Å². The Hall–Kier alpha value is -1.56. The molecular weight excluding hydrogens is 426 g/mol. The lowest BCUT2D eigenvalue weighted by atomic mass is 9.33. The van der Waals surface area contributed by atoms with Crippen LogP contribution in [0.1, 0.15) is 70.4 Å². The average molecular weight is 466 g/mol. The lowest BCUT2D eigenvalue weighted by Gasteiger charge is -2.75. The second-order valence-corrected chi connectivity index (χ2v) is 12.5. The standard InChI is InChI=1S/C29H39NO4/c1-5-17(2)26(3,32)21-15-27-10-11-29(21,33-4)25-28(27)12-13-30(16-18-6-7-18)22(27)14-19-8-9-20(31)24(34-25)23(19)28/h5,8-9,18,21-22,25,31-32H,6-7,10-16H2,1-4H3/b17-5+/t21-,22-,25-,26+,27?,28+,29+/m1/s1. The van der Waals surface area contributed by atoms with Crippen LogP contribution in [0, 0.1) is 17.3 Å². The van der Waals surface area contributed by atoms with Crippen LogP contribution in [0.5, 0.6) is 11.5 Å². The summed E-state index contributed by atoms with van der Waals surface area (Å²) >= 11 is 0. The van der Waals surface area contributed by atoms with Crippen LogP contribution in [0.15, 0.2) is 23.8 Å². The minimum Gasteiger partial charge on any atom is -0.504 e. The summed E-state index contributed by atoms with van der Waals surface area (Å²) in [6.45, 7) is 8.35. The lowest BCUT2D eigenvalue weighted by molar-refractivity contribution is -0.298. The van der Waals surface area contributed by atoms with Crippen molar-refractivity contribution in [3.63, 3.8) is 0 Å². The number of phenols is 1. The molecule has 0 radical (unpaired) electrons. The number of rotatable bonds is 5. The molecule has 5 aliphatic carbocycles. The van der Waals surface area contributed by atoms with Crippen LogP contribution >= 0.6 is 0 Å². The molecule has 7 atom stereocenters. The Balaban J connectivity index is 1.47. The molecule has 8 rings (SSSR count). The van der Waals surface area contributed by atoms with E-state index in [1.807, 2.05) is 40.0 Å². The van der Waals surface area contributed by atoms with Gasteiger partial charge >= 0.3 is 0 Å². The van der Waals surface area contributed by atoms with E-state index >= 15 is 0 Å². The fourth-order valence-corrected chi connectivity index (χ4v) is 9.62. The molecule has 5 nitrogen and oxygen atoms in total. The van der Waals surface area contributed by atoms with E-state index < -0.39 is 11.2 Å². The number of piperidine rings is 1. The SMILES string of the molecule is C/C=C(\C)[C@](C)(O)[C@H]1CC23CC[C@@]1(OC)[C@@H]1Oc4c(O)ccc5c4[C@@]12CCN(CC1CC1)[C@@H]3C5. The number of aliphatic hydroxyl groups is 1. The maximum Gasteiger partial charge on any atom is 0.165 e. The van der Waals surface area contributed by atoms with E-state index in [9.17, 15) is 10.2 Å². The molecule has 0 amide bonds. The van der Waals surface area contributed by atoms with E-state index in [1.165, 1.54) is 30.5 Å². The normalized spacial score (nSPS) is 43.9. The first kappa shape index (κ1) is 21.7. The van der Waals surface area contributed by atoms with Gasteiger partial charge in [0, 0.05) is 42.0 Å². The highest BCUT2D eigenvalue weighted by Crippen LogP contribution is 2.77. The number of benzene rings is 1. The van der Waals surface area contributed by atoms with E-state index in [4.69, 9.17) is 9.47 Å². The molecule has 1 aromatic rings. The quantitative estimate of drug-likeness (QED) is 0.634. The van der Waals surface area contributed by atoms with Gasteiger partial charge in [0.2, 0.25) is 0 Å². The van der Waals surface area contributed by atoms with Gasteiger partial charge in [-0.05, 0) is 95.4 Å². The highest BCUT2D eigenvalue weighted by molar-refractivity contribution is 5.63. The number of phenolic OH excluding ortho intramolecular Hbond substituents is 1. The molecule has 5 heteroatoms. The molecule has 4 bridgehead atoms. The molecule has 2 aliphatic heterocycles. The zero-order valence-electron chi connectivity index (χ0n) is 21.1. The average Bonchev–Trinajstić information content (AvgIpc) is 3.58. The Morgan fingerprint density at radius 3 is 2.79 bits per heavy atom. The molecule has 1 aromatic carbocycles. The van der Waals surface area contributed by atoms with Gasteiger partial charge in [-0.15, -0.1) is 0 Å². The maximum atomic E-state index is 12.1. The van der Waals surface area contributed by atoms with E-state index in [-0.39, 0.29) is 28.6 Å². The summed E-state index contributed by atoms with van der Waals surface area (Å²) in [5.74, 6) is 1.75. The number of methoxy groups -OCH3 is 1. The number of hydrogen-bond acceptors (Lipinski definition) is 5. The van der Waals surface area contributed by atoms with Crippen LogP contribution in [0.25, 0.3) is 0 Å². The molecule has 34 heavy (non-hydrogen) atoms. The fourth-order valence-electron chi connectivity index (χ4n) is 9.62. The van der Waals surface area contributed by atoms with E-state index in [0.29, 0.717) is 11.8 Å². The first-order valence-electron chi connectivity index (χ1n) is 13.4. The largest absolute Gasteiger partial charge is 0.504 e. The van der Waals surface area contributed by atoms with Gasteiger partial charge in [0.25, 0.3) is 0 Å². The van der Waals surface area contributed by atoms with Gasteiger partial charge in [0.1, 0.15) is 11.7 Å². The van der Waals surface area contributed by atoms with E-state index in [0.717, 1.165) is 50.1 Å². The number of ether oxygens (including phenoxy) is 2. The molecule has 2 spiro atoms. The summed E-state index contributed by atoms with van der Waals surface area (Å²) in [6.07, 6.45) is 9.61. The van der Waals surface area contributed by atoms with Crippen molar-refractivity contribution >= 4 is 0 Å². The molecular formula is C29H39NO4. The monoisotopic (exact) mass is 465 g/mol. The van der Waals surface area contributed by atoms with Gasteiger partial charge < -0.3 is 19.7 Å². The first-order valence-corrected chi connectivity index (χ1v) is 13.4. The zero-order valence-corrected chi connectivity index (χ0v) is 21.1. The molecule has 2 heterocycles. The highest BCUT2D eigenvalue weighted by Gasteiger charge is 2.82. The van der Waals surface area contributed by atoms with E-state index in [1.54, 1.807) is 0 Å². The predicted octanol–water partition coefficient (Wildman–Crippen LogP) is 4.33. The van der Waals surface area contributed by atoms with Crippen molar-refractivity contribution in [3.05, 3.63) is 34.9 Å². The number of likely N-dealkylation sites (tertiary alicyclic amines) is 1. The van der Waals surface area contributed by atoms with Crippen LogP contribution in [-0.2, 0) is 16.6 Å². The molecule has 5 fully saturated rings. The number of nitrogens with zero attached hydrogens (tertiary/aromatic N) is 1. The molecule has 1 saturated heterocycles. The highest BCUT2D eigenvalue weighted by atomic mass is 16.6. The Labute approximate surface area is 203 Å². The van der Waals surface area contributed by atoms with Crippen molar-refractivity contribution < 1.29 is 19.7 Å². The molecule has 1 unspecified atom stereocenters. The van der Waals surface area contributed by atoms with Crippen molar-refractivity contribution in [1.82, 2.24) is 4.90 Å². The van der Waals surface area contributed by atoms with Gasteiger partial charge in [-0.25, -0.2) is 0 Å². The topological polar surface area (TPSA) is 62.2 Å². The Morgan fingerprint density at radius 2 is 2.09 bits per heavy atom. The smallest absolute Gasteiger partial charge is 0.165 e. The van der Waals surface area contributed by atoms with Crippen LogP contribution in [0.3, 0.4) is 0 Å². The van der Waals surface area contributed by atoms with Gasteiger partial charge in [-0.2, -0.15) is 0 Å². The summed E-state index contributed by atoms with van der Waals surface area (Å²) in [5, 5.41) is 23.0. The van der Waals surface area contributed by atoms with Gasteiger partial charge in [0.05, 0.1) is 5.60 Å². The number of allylic oxidation sites excluding steroid dienone is 1. The number of fused-ring (bicyclic) bond motifs is 2. The van der Waals surface area contributed by atoms with Crippen molar-refractivity contribution in [2.75, 3.05) is 20.2 Å². The minimum absolute atomic E-state index is 0.0276. The van der Waals surface area contributed by atoms with Crippen LogP contribution in [0.2, 0.25) is 0 Å². The molecule has 2 N–H and O–H groups in total. The summed E-state index contributed by atoms with van der Waals surface area (Å²) in [5.41, 5.74) is 1.96. The Bertz CT molecular complexity index is 1090. The second-order valence-electron chi connectivity index (χ2n) is 12.5. The molecule has 7 aliphatic rings. The Kier molecular flexibility index (Phi) is 4.21. The summed E-state index contributed by atoms with van der Waals surface area (Å²) in [6, 6.07) is 4.44. The third-order valence-electron chi connectivity index (χ3n) is 11.6. The Morgan fingerprint density at radius 1 is 1.29 bits per heavy atom. The van der Waals surface area contributed by atoms with Crippen LogP contribution in [-0.4, -0.2) is 58.7 Å². The van der Waals surface area contributed by atoms with E-state index in [2.05, 4.69) is 11.0 Å². The number of aromatic hydroxyl groups is 1. The molecule has 0 aromatic heterocycles. The first-order chi connectivity index (χ1) is 16.2. The maximum absolute atomic E-state index is 12.1. The third kappa shape index (κ3) is 2.24. The van der Waals surface area contributed by atoms with Crippen LogP contribution < -0.4 is 4.74 Å². The predicted molar refractivity (Wildman–Crippen MR) is 130 cm³/mol. The third-order valence-corrected chi connectivity index (χ3v) is 11.6. The summed E-state index contributed by atoms with van der Waals surface area (Å²) < 4.78 is 13.4. The fraction of sp³-hybridized carbons (Fsp3) is 0.724. The van der Waals surface area contributed by atoms with Crippen molar-refractivity contribution in [1.29, 1.82) is 0 Å². The number of hydrogen-bond donors (Lipinski definition) is 2. The lowest BCUT2D eigenvalue weighted by Crippen LogP contribution is -2.82. The van der Waals surface area contributed by atoms with Gasteiger partial charge in [-0.3, -0.25) is 4.90 Å². The summed E-state index contributed by atoms with van der Waals surface area (Å²) in [7, 11) is 1.82. The van der Waals surface area contributed by atoms with Crippen LogP contribution in [0.4, 0.5) is 0 Å². The minimum atomic E-state index is -0.976. The molecule has 184 valence electrons. The zero-order chi connectivity index (χ0) is 23.7. The van der Waals surface area contributed by atoms with Gasteiger partial charge in [0.15, 0.2) is 11.5 Å². The molecule has 4 saturated carbocycles. The second kappa shape index (κ2) is 6.60. The van der Waals surface area contributed by atoms with Gasteiger partial charge in [-0.1, -0.05) is 12.1 Å². The summed E-state index contributed by atoms with van der Waals surface area (Å²) in [4.78, 5) is 2.81.